The van der Waals surface area contributed by atoms with E-state index in [4.69, 9.17) is 5.84 Å². The molecule has 2 N–H and O–H groups in total. The lowest BCUT2D eigenvalue weighted by molar-refractivity contribution is 0.770. The molecule has 0 atom stereocenters. The molecule has 0 saturated heterocycles. The van der Waals surface area contributed by atoms with Crippen molar-refractivity contribution in [3.63, 3.8) is 0 Å². The number of nitrogens with two attached hydrogens (primary N) is 1. The van der Waals surface area contributed by atoms with Crippen LogP contribution < -0.4 is 5.84 Å². The van der Waals surface area contributed by atoms with Crippen molar-refractivity contribution in [3.8, 4) is 22.5 Å². The molecular weight excluding hydrogens is 248 g/mol. The maximum Gasteiger partial charge on any atom is 0.123 e. The van der Waals surface area contributed by atoms with Gasteiger partial charge in [0.1, 0.15) is 11.4 Å². The zero-order valence-electron chi connectivity index (χ0n) is 11.0. The second-order valence-corrected chi connectivity index (χ2v) is 5.05. The van der Waals surface area contributed by atoms with E-state index >= 15 is 0 Å². The predicted molar refractivity (Wildman–Crippen MR) is 78.5 cm³/mol. The fraction of sp³-hybridized carbons (Fsp3) is 0.125. The lowest BCUT2D eigenvalue weighted by Crippen LogP contribution is -2.13. The summed E-state index contributed by atoms with van der Waals surface area (Å²) in [6.07, 6.45) is 2.00. The minimum Gasteiger partial charge on any atom is -0.321 e. The number of rotatable bonds is 0. The third kappa shape index (κ3) is 1.54. The molecule has 4 rings (SSSR count). The Hall–Kier alpha value is -2.62. The van der Waals surface area contributed by atoms with Crippen LogP contribution in [0.5, 0.6) is 0 Å². The molecule has 1 heterocycles. The van der Waals surface area contributed by atoms with Crippen LogP contribution in [0, 0.1) is 0 Å². The number of nitrogens with zero attached hydrogens (tertiary/aromatic N) is 3. The average Bonchev–Trinajstić information content (AvgIpc) is 2.85. The van der Waals surface area contributed by atoms with Crippen LogP contribution in [0.1, 0.15) is 11.1 Å². The number of hydrogen-bond acceptors (Lipinski definition) is 3. The van der Waals surface area contributed by atoms with Crippen LogP contribution in [0.4, 0.5) is 0 Å². The van der Waals surface area contributed by atoms with Gasteiger partial charge in [-0.25, -0.2) is 0 Å². The van der Waals surface area contributed by atoms with Crippen molar-refractivity contribution < 1.29 is 0 Å². The molecule has 98 valence electrons. The van der Waals surface area contributed by atoms with Crippen molar-refractivity contribution in [2.75, 3.05) is 5.84 Å². The van der Waals surface area contributed by atoms with Crippen molar-refractivity contribution in [1.82, 2.24) is 15.1 Å². The number of hydrogen-bond donors (Lipinski definition) is 1. The second-order valence-electron chi connectivity index (χ2n) is 5.05. The van der Waals surface area contributed by atoms with Crippen molar-refractivity contribution >= 4 is 0 Å². The van der Waals surface area contributed by atoms with E-state index in [1.807, 2.05) is 12.1 Å². The van der Waals surface area contributed by atoms with Gasteiger partial charge in [-0.2, -0.15) is 4.79 Å². The first kappa shape index (κ1) is 11.2. The van der Waals surface area contributed by atoms with E-state index in [1.54, 1.807) is 0 Å². The molecule has 1 aliphatic carbocycles. The van der Waals surface area contributed by atoms with E-state index in [9.17, 15) is 0 Å². The molecule has 1 aromatic heterocycles. The van der Waals surface area contributed by atoms with Crippen LogP contribution in [-0.2, 0) is 12.8 Å². The fourth-order valence-electron chi connectivity index (χ4n) is 2.93. The summed E-state index contributed by atoms with van der Waals surface area (Å²) in [5.74, 6) is 6.00. The van der Waals surface area contributed by atoms with Gasteiger partial charge in [0, 0.05) is 11.1 Å². The van der Waals surface area contributed by atoms with Crippen molar-refractivity contribution in [1.29, 1.82) is 0 Å². The molecule has 0 bridgehead atoms. The van der Waals surface area contributed by atoms with Gasteiger partial charge >= 0.3 is 0 Å². The molecule has 3 aromatic rings. The van der Waals surface area contributed by atoms with E-state index in [0.29, 0.717) is 0 Å². The van der Waals surface area contributed by atoms with Crippen LogP contribution in [0.3, 0.4) is 0 Å². The van der Waals surface area contributed by atoms with Gasteiger partial charge in [0.25, 0.3) is 0 Å². The molecule has 0 fully saturated rings. The Bertz CT molecular complexity index is 789. The SMILES string of the molecule is Nn1nnc2c1-c1ccccc1CCc1ccccc1-2. The first-order valence-corrected chi connectivity index (χ1v) is 6.72. The maximum absolute atomic E-state index is 6.00. The summed E-state index contributed by atoms with van der Waals surface area (Å²) >= 11 is 0. The molecule has 4 nitrogen and oxygen atoms in total. The molecule has 0 spiro atoms. The predicted octanol–water partition coefficient (Wildman–Crippen LogP) is 2.42. The highest BCUT2D eigenvalue weighted by atomic mass is 15.6. The quantitative estimate of drug-likeness (QED) is 0.633. The third-order valence-electron chi connectivity index (χ3n) is 3.90. The Morgan fingerprint density at radius 3 is 2.20 bits per heavy atom. The number of aryl methyl sites for hydroxylation is 2. The first-order chi connectivity index (χ1) is 9.84. The third-order valence-corrected chi connectivity index (χ3v) is 3.90. The second kappa shape index (κ2) is 4.20. The summed E-state index contributed by atoms with van der Waals surface area (Å²) in [6, 6.07) is 16.7. The zero-order valence-corrected chi connectivity index (χ0v) is 11.0. The topological polar surface area (TPSA) is 56.7 Å². The summed E-state index contributed by atoms with van der Waals surface area (Å²) in [5, 5.41) is 8.31. The van der Waals surface area contributed by atoms with Gasteiger partial charge in [-0.1, -0.05) is 48.5 Å². The number of nitrogen functional groups attached to an aromatic ring is 1. The molecular formula is C16H14N4. The van der Waals surface area contributed by atoms with Gasteiger partial charge in [-0.05, 0) is 29.2 Å². The molecule has 0 aliphatic heterocycles. The van der Waals surface area contributed by atoms with Crippen LogP contribution in [-0.4, -0.2) is 15.1 Å². The van der Waals surface area contributed by atoms with Crippen molar-refractivity contribution in [3.05, 3.63) is 59.7 Å². The Morgan fingerprint density at radius 1 is 0.850 bits per heavy atom. The van der Waals surface area contributed by atoms with Gasteiger partial charge in [0.15, 0.2) is 0 Å². The molecule has 0 amide bonds. The van der Waals surface area contributed by atoms with E-state index in [-0.39, 0.29) is 0 Å². The standard InChI is InChI=1S/C16H14N4/c17-20-16-14-8-4-2-6-12(14)10-9-11-5-1-3-7-13(11)15(16)18-19-20/h1-8H,9-10,17H2. The summed E-state index contributed by atoms with van der Waals surface area (Å²) in [4.78, 5) is 1.39. The average molecular weight is 262 g/mol. The summed E-state index contributed by atoms with van der Waals surface area (Å²) < 4.78 is 0. The zero-order chi connectivity index (χ0) is 13.5. The summed E-state index contributed by atoms with van der Waals surface area (Å²) in [7, 11) is 0. The molecule has 1 aliphatic rings. The van der Waals surface area contributed by atoms with Crippen molar-refractivity contribution in [2.45, 2.75) is 12.8 Å². The lowest BCUT2D eigenvalue weighted by atomic mass is 9.89. The summed E-state index contributed by atoms with van der Waals surface area (Å²) in [6.45, 7) is 0. The number of benzene rings is 2. The minimum atomic E-state index is 0.871. The highest BCUT2D eigenvalue weighted by Crippen LogP contribution is 2.36. The Labute approximate surface area is 116 Å². The molecule has 4 heteroatoms. The highest BCUT2D eigenvalue weighted by molar-refractivity contribution is 5.82. The van der Waals surface area contributed by atoms with E-state index in [0.717, 1.165) is 35.4 Å². The van der Waals surface area contributed by atoms with Gasteiger partial charge in [-0.15, -0.1) is 5.10 Å². The van der Waals surface area contributed by atoms with Gasteiger partial charge in [0.2, 0.25) is 0 Å². The van der Waals surface area contributed by atoms with Crippen LogP contribution in [0.25, 0.3) is 22.5 Å². The van der Waals surface area contributed by atoms with E-state index in [2.05, 4.69) is 46.7 Å². The normalized spacial score (nSPS) is 12.8. The Balaban J connectivity index is 2.08. The molecule has 2 aromatic carbocycles. The molecule has 0 unspecified atom stereocenters. The van der Waals surface area contributed by atoms with Crippen LogP contribution in [0.15, 0.2) is 48.5 Å². The summed E-state index contributed by atoms with van der Waals surface area (Å²) in [5.41, 5.74) is 6.61. The maximum atomic E-state index is 6.00. The Morgan fingerprint density at radius 2 is 1.45 bits per heavy atom. The largest absolute Gasteiger partial charge is 0.321 e. The van der Waals surface area contributed by atoms with Gasteiger partial charge in [-0.3, -0.25) is 0 Å². The van der Waals surface area contributed by atoms with Gasteiger partial charge < -0.3 is 5.84 Å². The van der Waals surface area contributed by atoms with Crippen LogP contribution >= 0.6 is 0 Å². The number of fused-ring (bicyclic) bond motifs is 5. The molecule has 20 heavy (non-hydrogen) atoms. The first-order valence-electron chi connectivity index (χ1n) is 6.72. The molecule has 0 radical (unpaired) electrons. The van der Waals surface area contributed by atoms with Gasteiger partial charge in [0.05, 0.1) is 0 Å². The highest BCUT2D eigenvalue weighted by Gasteiger charge is 2.22. The lowest BCUT2D eigenvalue weighted by Gasteiger charge is -2.16. The minimum absolute atomic E-state index is 0.871. The van der Waals surface area contributed by atoms with E-state index in [1.165, 1.54) is 15.9 Å². The Kier molecular flexibility index (Phi) is 2.36. The number of aromatic nitrogens is 3. The van der Waals surface area contributed by atoms with E-state index < -0.39 is 0 Å². The van der Waals surface area contributed by atoms with Crippen molar-refractivity contribution in [2.24, 2.45) is 0 Å². The monoisotopic (exact) mass is 262 g/mol. The molecule has 0 saturated carbocycles. The smallest absolute Gasteiger partial charge is 0.123 e. The van der Waals surface area contributed by atoms with Crippen LogP contribution in [0.2, 0.25) is 0 Å². The fourth-order valence-corrected chi connectivity index (χ4v) is 2.93.